The maximum Gasteiger partial charge on any atom is 0.241 e. The number of nitrogens with one attached hydrogen (secondary N) is 2. The number of hydrogen-bond acceptors (Lipinski definition) is 4. The van der Waals surface area contributed by atoms with Crippen LogP contribution in [0.1, 0.15) is 37.0 Å². The third-order valence-corrected chi connectivity index (χ3v) is 6.15. The molecule has 1 aromatic rings. The lowest BCUT2D eigenvalue weighted by Crippen LogP contribution is -2.24. The first-order valence-corrected chi connectivity index (χ1v) is 9.30. The van der Waals surface area contributed by atoms with Crippen molar-refractivity contribution in [1.29, 1.82) is 0 Å². The van der Waals surface area contributed by atoms with Crippen LogP contribution in [0.25, 0.3) is 0 Å². The van der Waals surface area contributed by atoms with Gasteiger partial charge >= 0.3 is 0 Å². The predicted octanol–water partition coefficient (Wildman–Crippen LogP) is 2.08. The molecular weight excluding hydrogens is 280 g/mol. The molecule has 2 fully saturated rings. The zero-order chi connectivity index (χ0) is 13.3. The van der Waals surface area contributed by atoms with Gasteiger partial charge in [-0.1, -0.05) is 12.8 Å². The van der Waals surface area contributed by atoms with Crippen molar-refractivity contribution in [3.05, 3.63) is 16.3 Å². The van der Waals surface area contributed by atoms with Crippen LogP contribution in [0.5, 0.6) is 0 Å². The molecule has 0 bridgehead atoms. The van der Waals surface area contributed by atoms with Crippen LogP contribution in [0.2, 0.25) is 0 Å². The summed E-state index contributed by atoms with van der Waals surface area (Å²) in [5.41, 5.74) is 0. The van der Waals surface area contributed by atoms with Crippen LogP contribution in [0.15, 0.2) is 16.3 Å². The van der Waals surface area contributed by atoms with Gasteiger partial charge in [0, 0.05) is 29.4 Å². The van der Waals surface area contributed by atoms with Gasteiger partial charge in [0.15, 0.2) is 0 Å². The number of rotatable bonds is 8. The molecule has 106 valence electrons. The Hall–Kier alpha value is -0.430. The average molecular weight is 300 g/mol. The van der Waals surface area contributed by atoms with Gasteiger partial charge in [0.25, 0.3) is 0 Å². The van der Waals surface area contributed by atoms with Crippen molar-refractivity contribution in [3.63, 3.8) is 0 Å². The van der Waals surface area contributed by atoms with Crippen LogP contribution in [0.4, 0.5) is 0 Å². The molecule has 0 amide bonds. The van der Waals surface area contributed by atoms with E-state index < -0.39 is 10.0 Å². The van der Waals surface area contributed by atoms with Gasteiger partial charge in [-0.05, 0) is 31.2 Å². The number of thiophene rings is 1. The molecule has 2 saturated carbocycles. The smallest absolute Gasteiger partial charge is 0.241 e. The van der Waals surface area contributed by atoms with Gasteiger partial charge in [0.05, 0.1) is 4.90 Å². The van der Waals surface area contributed by atoms with E-state index in [2.05, 4.69) is 10.0 Å². The van der Waals surface area contributed by atoms with Crippen molar-refractivity contribution in [2.45, 2.75) is 49.6 Å². The van der Waals surface area contributed by atoms with E-state index in [1.54, 1.807) is 11.4 Å². The summed E-state index contributed by atoms with van der Waals surface area (Å²) in [6.07, 6.45) is 5.99. The molecule has 0 radical (unpaired) electrons. The highest BCUT2D eigenvalue weighted by Crippen LogP contribution is 2.32. The average Bonchev–Trinajstić information content (AvgIpc) is 3.28. The summed E-state index contributed by atoms with van der Waals surface area (Å²) in [5, 5.41) is 5.14. The third kappa shape index (κ3) is 4.02. The molecule has 19 heavy (non-hydrogen) atoms. The molecule has 6 heteroatoms. The Morgan fingerprint density at radius 1 is 1.26 bits per heavy atom. The molecule has 2 aliphatic rings. The van der Waals surface area contributed by atoms with Gasteiger partial charge in [0.2, 0.25) is 10.0 Å². The number of sulfonamides is 1. The third-order valence-electron chi connectivity index (χ3n) is 3.62. The van der Waals surface area contributed by atoms with E-state index >= 15 is 0 Å². The second-order valence-corrected chi connectivity index (χ2v) is 8.30. The van der Waals surface area contributed by atoms with Crippen LogP contribution >= 0.6 is 11.3 Å². The monoisotopic (exact) mass is 300 g/mol. The largest absolute Gasteiger partial charge is 0.309 e. The Balaban J connectivity index is 1.52. The van der Waals surface area contributed by atoms with Crippen molar-refractivity contribution in [1.82, 2.24) is 10.0 Å². The van der Waals surface area contributed by atoms with Gasteiger partial charge in [0.1, 0.15) is 0 Å². The predicted molar refractivity (Wildman–Crippen MR) is 76.7 cm³/mol. The summed E-state index contributed by atoms with van der Waals surface area (Å²) >= 11 is 1.52. The molecule has 2 aliphatic carbocycles. The molecule has 4 nitrogen and oxygen atoms in total. The molecule has 0 unspecified atom stereocenters. The summed E-state index contributed by atoms with van der Waals surface area (Å²) in [6.45, 7) is 1.35. The maximum absolute atomic E-state index is 12.1. The van der Waals surface area contributed by atoms with E-state index in [9.17, 15) is 8.42 Å². The molecule has 2 N–H and O–H groups in total. The minimum Gasteiger partial charge on any atom is -0.309 e. The highest BCUT2D eigenvalue weighted by molar-refractivity contribution is 7.89. The van der Waals surface area contributed by atoms with E-state index in [4.69, 9.17) is 0 Å². The molecule has 3 rings (SSSR count). The summed E-state index contributed by atoms with van der Waals surface area (Å²) in [6, 6.07) is 2.44. The zero-order valence-corrected chi connectivity index (χ0v) is 12.5. The Morgan fingerprint density at radius 3 is 2.74 bits per heavy atom. The maximum atomic E-state index is 12.1. The van der Waals surface area contributed by atoms with Crippen molar-refractivity contribution >= 4 is 21.4 Å². The molecule has 0 aromatic carbocycles. The van der Waals surface area contributed by atoms with Crippen molar-refractivity contribution < 1.29 is 8.42 Å². The molecule has 1 heterocycles. The van der Waals surface area contributed by atoms with Gasteiger partial charge in [-0.25, -0.2) is 13.1 Å². The lowest BCUT2D eigenvalue weighted by molar-refractivity contribution is 0.575. The van der Waals surface area contributed by atoms with Crippen molar-refractivity contribution in [2.75, 3.05) is 6.54 Å². The Kier molecular flexibility index (Phi) is 3.93. The van der Waals surface area contributed by atoms with E-state index in [1.807, 2.05) is 0 Å². The fourth-order valence-corrected chi connectivity index (χ4v) is 4.29. The molecule has 0 aliphatic heterocycles. The van der Waals surface area contributed by atoms with E-state index in [0.29, 0.717) is 17.5 Å². The minimum atomic E-state index is -3.30. The van der Waals surface area contributed by atoms with Gasteiger partial charge < -0.3 is 5.32 Å². The first-order chi connectivity index (χ1) is 9.13. The number of hydrogen-bond donors (Lipinski definition) is 2. The molecular formula is C13H20N2O2S2. The molecule has 0 saturated heterocycles. The van der Waals surface area contributed by atoms with Crippen LogP contribution in [-0.2, 0) is 16.6 Å². The van der Waals surface area contributed by atoms with Gasteiger partial charge in [-0.3, -0.25) is 0 Å². The molecule has 0 spiro atoms. The van der Waals surface area contributed by atoms with E-state index in [0.717, 1.165) is 23.8 Å². The topological polar surface area (TPSA) is 58.2 Å². The SMILES string of the molecule is O=S(=O)(NCCC1CC1)c1csc(CNC2CC2)c1. The summed E-state index contributed by atoms with van der Waals surface area (Å²) in [7, 11) is -3.30. The Labute approximate surface area is 118 Å². The normalized spacial score (nSPS) is 19.8. The Bertz CT molecular complexity index is 531. The van der Waals surface area contributed by atoms with Crippen LogP contribution in [-0.4, -0.2) is 21.0 Å². The first-order valence-electron chi connectivity index (χ1n) is 6.94. The highest BCUT2D eigenvalue weighted by Gasteiger charge is 2.23. The van der Waals surface area contributed by atoms with Crippen molar-refractivity contribution in [2.24, 2.45) is 5.92 Å². The van der Waals surface area contributed by atoms with E-state index in [1.165, 1.54) is 37.0 Å². The minimum absolute atomic E-state index is 0.417. The highest BCUT2D eigenvalue weighted by atomic mass is 32.2. The summed E-state index contributed by atoms with van der Waals surface area (Å²) < 4.78 is 26.8. The van der Waals surface area contributed by atoms with Crippen molar-refractivity contribution in [3.8, 4) is 0 Å². The van der Waals surface area contributed by atoms with Gasteiger partial charge in [-0.15, -0.1) is 11.3 Å². The quantitative estimate of drug-likeness (QED) is 0.773. The fraction of sp³-hybridized carbons (Fsp3) is 0.692. The zero-order valence-electron chi connectivity index (χ0n) is 10.9. The second kappa shape index (κ2) is 5.52. The van der Waals surface area contributed by atoms with Gasteiger partial charge in [-0.2, -0.15) is 0 Å². The van der Waals surface area contributed by atoms with Crippen LogP contribution in [0, 0.1) is 5.92 Å². The first kappa shape index (κ1) is 13.5. The Morgan fingerprint density at radius 2 is 2.05 bits per heavy atom. The van der Waals surface area contributed by atoms with Crippen LogP contribution in [0.3, 0.4) is 0 Å². The summed E-state index contributed by atoms with van der Waals surface area (Å²) in [5.74, 6) is 0.753. The molecule has 1 aromatic heterocycles. The molecule has 0 atom stereocenters. The lowest BCUT2D eigenvalue weighted by atomic mass is 10.3. The van der Waals surface area contributed by atoms with Crippen LogP contribution < -0.4 is 10.0 Å². The van der Waals surface area contributed by atoms with E-state index in [-0.39, 0.29) is 0 Å². The lowest BCUT2D eigenvalue weighted by Gasteiger charge is -2.03. The fourth-order valence-electron chi connectivity index (χ4n) is 2.01. The second-order valence-electron chi connectivity index (χ2n) is 5.53. The standard InChI is InChI=1S/C13H20N2O2S2/c16-19(17,15-6-5-10-1-2-10)13-7-12(18-9-13)8-14-11-3-4-11/h7,9-11,14-15H,1-6,8H2. The summed E-state index contributed by atoms with van der Waals surface area (Å²) in [4.78, 5) is 1.51.